The zero-order chi connectivity index (χ0) is 15.4. The molecule has 0 spiro atoms. The van der Waals surface area contributed by atoms with Gasteiger partial charge in [-0.1, -0.05) is 43.1 Å². The molecule has 1 amide bonds. The fourth-order valence-electron chi connectivity index (χ4n) is 1.57. The summed E-state index contributed by atoms with van der Waals surface area (Å²) in [5.74, 6) is 0.491. The smallest absolute Gasteiger partial charge is 0.226 e. The number of pyridine rings is 1. The Labute approximate surface area is 133 Å². The lowest BCUT2D eigenvalue weighted by Crippen LogP contribution is -2.17. The first-order valence-corrected chi connectivity index (χ1v) is 7.21. The molecule has 6 heteroatoms. The molecule has 2 rings (SSSR count). The third-order valence-corrected chi connectivity index (χ3v) is 3.59. The molecule has 0 aliphatic carbocycles. The van der Waals surface area contributed by atoms with E-state index in [9.17, 15) is 4.79 Å². The minimum absolute atomic E-state index is 0.0459. The first kappa shape index (κ1) is 15.6. The van der Waals surface area contributed by atoms with Gasteiger partial charge in [0.15, 0.2) is 0 Å². The summed E-state index contributed by atoms with van der Waals surface area (Å²) in [7, 11) is 0. The van der Waals surface area contributed by atoms with E-state index in [2.05, 4.69) is 15.6 Å². The lowest BCUT2D eigenvalue weighted by Gasteiger charge is -2.10. The molecule has 0 radical (unpaired) electrons. The third kappa shape index (κ3) is 4.09. The SMILES string of the molecule is CC(C)C(=O)Nc1ccc(Nc2cccc(Cl)c2Cl)nc1. The van der Waals surface area contributed by atoms with E-state index in [1.54, 1.807) is 30.5 Å². The van der Waals surface area contributed by atoms with Gasteiger partial charge in [0, 0.05) is 5.92 Å². The van der Waals surface area contributed by atoms with Crippen molar-refractivity contribution in [2.24, 2.45) is 5.92 Å². The molecule has 1 aromatic heterocycles. The van der Waals surface area contributed by atoms with Crippen molar-refractivity contribution in [1.82, 2.24) is 4.98 Å². The summed E-state index contributed by atoms with van der Waals surface area (Å²) >= 11 is 12.1. The van der Waals surface area contributed by atoms with Gasteiger partial charge in [0.25, 0.3) is 0 Å². The number of anilines is 3. The summed E-state index contributed by atoms with van der Waals surface area (Å²) in [6.45, 7) is 3.67. The molecule has 21 heavy (non-hydrogen) atoms. The van der Waals surface area contributed by atoms with Gasteiger partial charge in [-0.15, -0.1) is 0 Å². The molecule has 110 valence electrons. The van der Waals surface area contributed by atoms with Crippen LogP contribution in [-0.4, -0.2) is 10.9 Å². The molecular weight excluding hydrogens is 309 g/mol. The molecule has 1 heterocycles. The van der Waals surface area contributed by atoms with Gasteiger partial charge in [0.1, 0.15) is 5.82 Å². The Morgan fingerprint density at radius 1 is 1.19 bits per heavy atom. The van der Waals surface area contributed by atoms with Crippen LogP contribution >= 0.6 is 23.2 Å². The van der Waals surface area contributed by atoms with Crippen LogP contribution in [0.3, 0.4) is 0 Å². The van der Waals surface area contributed by atoms with Crippen LogP contribution in [0, 0.1) is 5.92 Å². The van der Waals surface area contributed by atoms with Crippen LogP contribution in [0.4, 0.5) is 17.2 Å². The molecule has 0 aliphatic rings. The Balaban J connectivity index is 2.09. The van der Waals surface area contributed by atoms with Crippen LogP contribution in [0.25, 0.3) is 0 Å². The van der Waals surface area contributed by atoms with E-state index in [0.29, 0.717) is 27.2 Å². The van der Waals surface area contributed by atoms with Gasteiger partial charge >= 0.3 is 0 Å². The summed E-state index contributed by atoms with van der Waals surface area (Å²) in [5.41, 5.74) is 1.33. The number of hydrogen-bond donors (Lipinski definition) is 2. The zero-order valence-electron chi connectivity index (χ0n) is 11.7. The minimum atomic E-state index is -0.0759. The van der Waals surface area contributed by atoms with Gasteiger partial charge < -0.3 is 10.6 Å². The van der Waals surface area contributed by atoms with Crippen molar-refractivity contribution in [3.63, 3.8) is 0 Å². The minimum Gasteiger partial charge on any atom is -0.339 e. The number of benzene rings is 1. The van der Waals surface area contributed by atoms with Gasteiger partial charge in [-0.25, -0.2) is 4.98 Å². The summed E-state index contributed by atoms with van der Waals surface area (Å²) < 4.78 is 0. The largest absolute Gasteiger partial charge is 0.339 e. The van der Waals surface area contributed by atoms with Gasteiger partial charge in [0.05, 0.1) is 27.6 Å². The fraction of sp³-hybridized carbons (Fsp3) is 0.200. The molecule has 2 aromatic rings. The summed E-state index contributed by atoms with van der Waals surface area (Å²) in [6.07, 6.45) is 1.58. The highest BCUT2D eigenvalue weighted by Crippen LogP contribution is 2.31. The van der Waals surface area contributed by atoms with E-state index in [4.69, 9.17) is 23.2 Å². The first-order chi connectivity index (χ1) is 9.97. The number of amides is 1. The van der Waals surface area contributed by atoms with Crippen LogP contribution in [-0.2, 0) is 4.79 Å². The standard InChI is InChI=1S/C15H15Cl2N3O/c1-9(2)15(21)19-10-6-7-13(18-8-10)20-12-5-3-4-11(16)14(12)17/h3-9H,1-2H3,(H,18,20)(H,19,21). The van der Waals surface area contributed by atoms with Crippen LogP contribution in [0.15, 0.2) is 36.5 Å². The lowest BCUT2D eigenvalue weighted by molar-refractivity contribution is -0.118. The molecule has 0 aliphatic heterocycles. The Bertz CT molecular complexity index is 642. The zero-order valence-corrected chi connectivity index (χ0v) is 13.2. The van der Waals surface area contributed by atoms with Crippen LogP contribution in [0.1, 0.15) is 13.8 Å². The Kier molecular flexibility index (Phi) is 5.04. The number of halogens is 2. The molecule has 1 aromatic carbocycles. The second-order valence-corrected chi connectivity index (χ2v) is 5.59. The maximum absolute atomic E-state index is 11.6. The maximum atomic E-state index is 11.6. The second-order valence-electron chi connectivity index (χ2n) is 4.80. The molecule has 0 fully saturated rings. The number of aromatic nitrogens is 1. The normalized spacial score (nSPS) is 10.5. The topological polar surface area (TPSA) is 54.0 Å². The van der Waals surface area contributed by atoms with Crippen molar-refractivity contribution in [3.05, 3.63) is 46.6 Å². The summed E-state index contributed by atoms with van der Waals surface area (Å²) in [4.78, 5) is 15.8. The Hall–Kier alpha value is -1.78. The number of carbonyl (C=O) groups excluding carboxylic acids is 1. The quantitative estimate of drug-likeness (QED) is 0.855. The van der Waals surface area contributed by atoms with E-state index in [-0.39, 0.29) is 11.8 Å². The van der Waals surface area contributed by atoms with Gasteiger partial charge in [-0.3, -0.25) is 4.79 Å². The van der Waals surface area contributed by atoms with Gasteiger partial charge in [-0.2, -0.15) is 0 Å². The molecule has 2 N–H and O–H groups in total. The number of nitrogens with one attached hydrogen (secondary N) is 2. The predicted molar refractivity (Wildman–Crippen MR) is 87.4 cm³/mol. The van der Waals surface area contributed by atoms with Gasteiger partial charge in [0.2, 0.25) is 5.91 Å². The van der Waals surface area contributed by atoms with E-state index >= 15 is 0 Å². The van der Waals surface area contributed by atoms with Crippen LogP contribution in [0.5, 0.6) is 0 Å². The maximum Gasteiger partial charge on any atom is 0.226 e. The van der Waals surface area contributed by atoms with Crippen molar-refractivity contribution in [2.75, 3.05) is 10.6 Å². The van der Waals surface area contributed by atoms with Crippen molar-refractivity contribution in [3.8, 4) is 0 Å². The second kappa shape index (κ2) is 6.78. The molecule has 0 atom stereocenters. The fourth-order valence-corrected chi connectivity index (χ4v) is 1.91. The van der Waals surface area contributed by atoms with E-state index in [1.807, 2.05) is 19.9 Å². The molecule has 0 saturated heterocycles. The van der Waals surface area contributed by atoms with Gasteiger partial charge in [-0.05, 0) is 24.3 Å². The third-order valence-electron chi connectivity index (χ3n) is 2.77. The first-order valence-electron chi connectivity index (χ1n) is 6.45. The van der Waals surface area contributed by atoms with Crippen molar-refractivity contribution in [2.45, 2.75) is 13.8 Å². The lowest BCUT2D eigenvalue weighted by atomic mass is 10.2. The highest BCUT2D eigenvalue weighted by atomic mass is 35.5. The van der Waals surface area contributed by atoms with Crippen molar-refractivity contribution < 1.29 is 4.79 Å². The van der Waals surface area contributed by atoms with Crippen LogP contribution in [0.2, 0.25) is 10.0 Å². The molecule has 0 unspecified atom stereocenters. The number of nitrogens with zero attached hydrogens (tertiary/aromatic N) is 1. The highest BCUT2D eigenvalue weighted by molar-refractivity contribution is 6.43. The van der Waals surface area contributed by atoms with E-state index in [0.717, 1.165) is 0 Å². The predicted octanol–water partition coefficient (Wildman–Crippen LogP) is 4.73. The summed E-state index contributed by atoms with van der Waals surface area (Å²) in [5, 5.41) is 6.77. The number of hydrogen-bond acceptors (Lipinski definition) is 3. The average Bonchev–Trinajstić information content (AvgIpc) is 2.46. The molecule has 0 saturated carbocycles. The molecular formula is C15H15Cl2N3O. The Morgan fingerprint density at radius 3 is 2.57 bits per heavy atom. The van der Waals surface area contributed by atoms with Crippen molar-refractivity contribution in [1.29, 1.82) is 0 Å². The molecule has 0 bridgehead atoms. The average molecular weight is 324 g/mol. The Morgan fingerprint density at radius 2 is 1.95 bits per heavy atom. The number of carbonyl (C=O) groups is 1. The van der Waals surface area contributed by atoms with Crippen LogP contribution < -0.4 is 10.6 Å². The monoisotopic (exact) mass is 323 g/mol. The number of rotatable bonds is 4. The van der Waals surface area contributed by atoms with E-state index < -0.39 is 0 Å². The van der Waals surface area contributed by atoms with Crippen molar-refractivity contribution >= 4 is 46.3 Å². The molecule has 4 nitrogen and oxygen atoms in total. The van der Waals surface area contributed by atoms with E-state index in [1.165, 1.54) is 0 Å². The summed E-state index contributed by atoms with van der Waals surface area (Å²) in [6, 6.07) is 8.85. The highest BCUT2D eigenvalue weighted by Gasteiger charge is 2.08.